The molecular weight excluding hydrogens is 702 g/mol. The fourth-order valence-corrected chi connectivity index (χ4v) is 6.58. The maximum absolute atomic E-state index is 13.1. The molecule has 0 bridgehead atoms. The van der Waals surface area contributed by atoms with Crippen molar-refractivity contribution >= 4 is 34.8 Å². The van der Waals surface area contributed by atoms with E-state index in [0.717, 1.165) is 11.1 Å². The number of aromatic nitrogens is 4. The van der Waals surface area contributed by atoms with Crippen LogP contribution in [0.1, 0.15) is 60.2 Å². The van der Waals surface area contributed by atoms with Gasteiger partial charge in [0.2, 0.25) is 0 Å². The van der Waals surface area contributed by atoms with Crippen molar-refractivity contribution in [2.75, 3.05) is 31.5 Å². The number of rotatable bonds is 15. The number of nitrogens with zero attached hydrogens (tertiary/aromatic N) is 5. The zero-order chi connectivity index (χ0) is 38.9. The predicted molar refractivity (Wildman–Crippen MR) is 206 cm³/mol. The second kappa shape index (κ2) is 18.0. The Hall–Kier alpha value is -5.90. The Bertz CT molecular complexity index is 2010. The minimum atomic E-state index is -1.50. The highest BCUT2D eigenvalue weighted by atomic mass is 16.6. The number of imidazole rings is 1. The van der Waals surface area contributed by atoms with Gasteiger partial charge in [0, 0.05) is 43.7 Å². The lowest BCUT2D eigenvalue weighted by Gasteiger charge is -2.27. The molecule has 55 heavy (non-hydrogen) atoms. The van der Waals surface area contributed by atoms with Gasteiger partial charge in [-0.15, -0.1) is 0 Å². The number of carbonyl (C=O) groups is 3. The van der Waals surface area contributed by atoms with Crippen molar-refractivity contribution in [3.63, 3.8) is 0 Å². The molecule has 0 unspecified atom stereocenters. The van der Waals surface area contributed by atoms with E-state index in [1.165, 1.54) is 10.9 Å². The molecule has 0 spiro atoms. The number of likely N-dealkylation sites (N-methyl/N-ethyl adjacent to an activating group) is 1. The summed E-state index contributed by atoms with van der Waals surface area (Å²) in [6, 6.07) is 28.5. The highest BCUT2D eigenvalue weighted by Crippen LogP contribution is 2.33. The van der Waals surface area contributed by atoms with Gasteiger partial charge in [-0.2, -0.15) is 0 Å². The molecule has 3 heterocycles. The Balaban J connectivity index is 1.23. The molecule has 4 amide bonds. The van der Waals surface area contributed by atoms with E-state index in [-0.39, 0.29) is 42.4 Å². The fraction of sp³-hybridized carbons (Fsp3) is 0.350. The molecule has 0 saturated carbocycles. The molecule has 6 rings (SSSR count). The molecule has 5 aromatic rings. The summed E-state index contributed by atoms with van der Waals surface area (Å²) < 4.78 is 7.35. The summed E-state index contributed by atoms with van der Waals surface area (Å²) in [5.41, 5.74) is 3.36. The van der Waals surface area contributed by atoms with Crippen molar-refractivity contribution in [3.8, 4) is 0 Å². The van der Waals surface area contributed by atoms with Gasteiger partial charge < -0.3 is 41.1 Å². The number of urea groups is 1. The smallest absolute Gasteiger partial charge is 0.315 e. The van der Waals surface area contributed by atoms with E-state index in [1.807, 2.05) is 68.4 Å². The maximum Gasteiger partial charge on any atom is 0.315 e. The molecule has 288 valence electrons. The third-order valence-corrected chi connectivity index (χ3v) is 9.42. The Morgan fingerprint density at radius 2 is 1.49 bits per heavy atom. The number of carbonyl (C=O) groups excluding carboxylic acids is 3. The van der Waals surface area contributed by atoms with Gasteiger partial charge in [0.15, 0.2) is 35.1 Å². The van der Waals surface area contributed by atoms with E-state index in [4.69, 9.17) is 14.7 Å². The quantitative estimate of drug-likeness (QED) is 0.0926. The largest absolute Gasteiger partial charge is 0.387 e. The van der Waals surface area contributed by atoms with Gasteiger partial charge in [-0.25, -0.2) is 19.7 Å². The average Bonchev–Trinajstić information content (AvgIpc) is 3.76. The molecule has 6 N–H and O–H groups in total. The van der Waals surface area contributed by atoms with Gasteiger partial charge in [0.05, 0.1) is 12.9 Å². The summed E-state index contributed by atoms with van der Waals surface area (Å²) in [5, 5.41) is 33.4. The Labute approximate surface area is 319 Å². The first-order valence-electron chi connectivity index (χ1n) is 18.4. The number of benzene rings is 3. The van der Waals surface area contributed by atoms with Crippen molar-refractivity contribution < 1.29 is 29.3 Å². The summed E-state index contributed by atoms with van der Waals surface area (Å²) in [4.78, 5) is 54.4. The van der Waals surface area contributed by atoms with Crippen LogP contribution in [0.15, 0.2) is 97.3 Å². The van der Waals surface area contributed by atoms with E-state index >= 15 is 0 Å². The van der Waals surface area contributed by atoms with Crippen LogP contribution in [0.5, 0.6) is 0 Å². The molecule has 1 aliphatic heterocycles. The molecular formula is C40H47N9O6. The van der Waals surface area contributed by atoms with Crippen LogP contribution < -0.4 is 21.3 Å². The second-order valence-corrected chi connectivity index (χ2v) is 13.5. The van der Waals surface area contributed by atoms with Crippen LogP contribution in [0.2, 0.25) is 0 Å². The van der Waals surface area contributed by atoms with Crippen LogP contribution in [-0.2, 0) is 16.1 Å². The fourth-order valence-electron chi connectivity index (χ4n) is 6.58. The standard InChI is InChI=1S/C40H47N9O6/c1-4-41-37(52)34-32(50)33(51)39(55-34)49-24-45-31-35(43-22-29(26-14-8-5-9-15-26)27-16-10-6-11-17-27)46-30(47-36(31)49)23-44-40(54)42-20-21-48(25(2)3)38(53)28-18-12-7-13-19-28/h5-19,24-25,29,32-34,39,50-51H,4,20-23H2,1-3H3,(H,41,52)(H2,42,44,54)(H,43,46,47)/t32-,33+,34-,39+/m0/s1. The van der Waals surface area contributed by atoms with Crippen LogP contribution in [0.3, 0.4) is 0 Å². The number of amides is 4. The minimum absolute atomic E-state index is 0.0611. The summed E-state index contributed by atoms with van der Waals surface area (Å²) in [7, 11) is 0. The number of hydrogen-bond donors (Lipinski definition) is 6. The van der Waals surface area contributed by atoms with Gasteiger partial charge in [0.25, 0.3) is 11.8 Å². The molecule has 0 aliphatic carbocycles. The predicted octanol–water partition coefficient (Wildman–Crippen LogP) is 3.18. The lowest BCUT2D eigenvalue weighted by molar-refractivity contribution is -0.137. The lowest BCUT2D eigenvalue weighted by Crippen LogP contribution is -2.44. The molecule has 1 fully saturated rings. The third-order valence-electron chi connectivity index (χ3n) is 9.42. The summed E-state index contributed by atoms with van der Waals surface area (Å²) >= 11 is 0. The lowest BCUT2D eigenvalue weighted by atomic mass is 9.91. The van der Waals surface area contributed by atoms with Crippen LogP contribution in [0.4, 0.5) is 10.6 Å². The van der Waals surface area contributed by atoms with E-state index in [0.29, 0.717) is 36.5 Å². The SMILES string of the molecule is CCNC(=O)[C@H]1O[C@@H](n2cnc3c(NCC(c4ccccc4)c4ccccc4)nc(CNC(=O)NCCN(C(=O)c4ccccc4)C(C)C)nc32)[C@H](O)[C@@H]1O. The topological polar surface area (TPSA) is 196 Å². The first-order valence-corrected chi connectivity index (χ1v) is 18.4. The van der Waals surface area contributed by atoms with Crippen LogP contribution in [0, 0.1) is 0 Å². The third kappa shape index (κ3) is 9.08. The van der Waals surface area contributed by atoms with Gasteiger partial charge >= 0.3 is 6.03 Å². The minimum Gasteiger partial charge on any atom is -0.387 e. The first kappa shape index (κ1) is 38.8. The van der Waals surface area contributed by atoms with Crippen molar-refractivity contribution in [1.29, 1.82) is 0 Å². The monoisotopic (exact) mass is 749 g/mol. The van der Waals surface area contributed by atoms with Gasteiger partial charge in [-0.3, -0.25) is 14.2 Å². The van der Waals surface area contributed by atoms with E-state index < -0.39 is 36.5 Å². The van der Waals surface area contributed by atoms with Gasteiger partial charge in [0.1, 0.15) is 12.2 Å². The molecule has 1 aliphatic rings. The molecule has 15 nitrogen and oxygen atoms in total. The number of ether oxygens (including phenoxy) is 1. The molecule has 15 heteroatoms. The summed E-state index contributed by atoms with van der Waals surface area (Å²) in [6.07, 6.45) is -4.05. The Kier molecular flexibility index (Phi) is 12.7. The molecule has 2 aromatic heterocycles. The normalized spacial score (nSPS) is 18.0. The van der Waals surface area contributed by atoms with Gasteiger partial charge in [-0.1, -0.05) is 78.9 Å². The van der Waals surface area contributed by atoms with Crippen LogP contribution >= 0.6 is 0 Å². The molecule has 3 aromatic carbocycles. The number of fused-ring (bicyclic) bond motifs is 1. The average molecular weight is 750 g/mol. The molecule has 0 radical (unpaired) electrons. The van der Waals surface area contributed by atoms with Crippen LogP contribution in [-0.4, -0.2) is 103 Å². The molecule has 4 atom stereocenters. The van der Waals surface area contributed by atoms with Crippen LogP contribution in [0.25, 0.3) is 11.2 Å². The highest BCUT2D eigenvalue weighted by Gasteiger charge is 2.47. The summed E-state index contributed by atoms with van der Waals surface area (Å²) in [6.45, 7) is 6.74. The Morgan fingerprint density at radius 1 is 0.855 bits per heavy atom. The first-order chi connectivity index (χ1) is 26.7. The zero-order valence-electron chi connectivity index (χ0n) is 31.0. The van der Waals surface area contributed by atoms with Gasteiger partial charge in [-0.05, 0) is 44.0 Å². The molecule has 1 saturated heterocycles. The number of hydrogen-bond acceptors (Lipinski definition) is 10. The van der Waals surface area contributed by atoms with Crippen molar-refractivity contribution in [2.24, 2.45) is 0 Å². The number of nitrogens with one attached hydrogen (secondary N) is 4. The van der Waals surface area contributed by atoms with Crippen molar-refractivity contribution in [1.82, 2.24) is 40.4 Å². The number of anilines is 1. The number of aliphatic hydroxyl groups excluding tert-OH is 2. The highest BCUT2D eigenvalue weighted by molar-refractivity contribution is 5.94. The summed E-state index contributed by atoms with van der Waals surface area (Å²) in [5.74, 6) is -0.145. The van der Waals surface area contributed by atoms with Crippen molar-refractivity contribution in [3.05, 3.63) is 120 Å². The van der Waals surface area contributed by atoms with Crippen molar-refractivity contribution in [2.45, 2.75) is 63.8 Å². The van der Waals surface area contributed by atoms with E-state index in [1.54, 1.807) is 24.0 Å². The number of aliphatic hydroxyl groups is 2. The Morgan fingerprint density at radius 3 is 2.11 bits per heavy atom. The van der Waals surface area contributed by atoms with E-state index in [9.17, 15) is 24.6 Å². The maximum atomic E-state index is 13.1. The zero-order valence-corrected chi connectivity index (χ0v) is 31.0. The van der Waals surface area contributed by atoms with E-state index in [2.05, 4.69) is 50.5 Å². The second-order valence-electron chi connectivity index (χ2n) is 13.5.